The number of rotatable bonds is 40. The second kappa shape index (κ2) is 47.3. The second-order valence-electron chi connectivity index (χ2n) is 34.3. The quantitative estimate of drug-likeness (QED) is 0.00969. The SMILES string of the molecule is [2H]C([2H])(CO)O[C@H]1C[C@@H](n2nnc3c(N[C@H]4[C@H](c5ccc(C)c(F)c5)C4([2H])[2H])nc(SC([2H])([2H])C([2H])([2H])C)nc32)[C@H](O)[C@@H]1O.[2H]C([2H])(O)CO[C@H]1C[C@@H](n2nnc3c(N[C@H]4[C@H](c5ccc(C)c(F)c5)C4([2H])[2H])nc(SC([2H])([2H])C([2H])([2H])C)nc32)[C@H](O)[C@@H]1O.[2H]C1([2H])[C@@H](Nc2nc(SC([2H])([2H])C([2H])([2H])C)nc3c2nnn3[C@@H]2C[C@H](OC([2H])([2H])C([2H])([2H])O)[C@@H](O)[C@H]2O)[C@@H]1c1ccc(C)c(F)c1.[2H]C1([2H])[C@@H](Nc2nc(SC([2H])([2H])C([2H])([2H])C)nc3c2nnn3[C@@H]2C[C@H](OCCO)[C@@H](O)[C@H]2O)[C@@H]1c1ccc(C)c(F)c1. The van der Waals surface area contributed by atoms with Crippen LogP contribution in [-0.4, -0.2) is 334 Å². The third-order valence-electron chi connectivity index (χ3n) is 24.9. The van der Waals surface area contributed by atoms with E-state index in [1.165, 1.54) is 35.0 Å². The number of anilines is 4. The second-order valence-corrected chi connectivity index (χ2v) is 37.4. The minimum Gasteiger partial charge on any atom is -0.394 e. The molecule has 0 radical (unpaired) electrons. The Balaban J connectivity index is 0.000000155. The van der Waals surface area contributed by atoms with Crippen molar-refractivity contribution in [3.63, 3.8) is 0 Å². The molecule has 144 heavy (non-hydrogen) atoms. The van der Waals surface area contributed by atoms with Gasteiger partial charge in [0.25, 0.3) is 0 Å². The van der Waals surface area contributed by atoms with Crippen LogP contribution in [0.15, 0.2) is 93.4 Å². The Morgan fingerprint density at radius 3 is 0.840 bits per heavy atom. The van der Waals surface area contributed by atoms with Gasteiger partial charge >= 0.3 is 0 Å². The number of benzene rings is 4. The predicted octanol–water partition coefficient (Wildman–Crippen LogP) is 8.73. The summed E-state index contributed by atoms with van der Waals surface area (Å²) < 4.78 is 340. The topological polar surface area (TPSA) is 554 Å². The highest BCUT2D eigenvalue weighted by atomic mass is 32.2. The van der Waals surface area contributed by atoms with Gasteiger partial charge in [-0.15, -0.1) is 20.4 Å². The molecule has 8 fully saturated rings. The van der Waals surface area contributed by atoms with E-state index in [1.807, 2.05) is 0 Å². The number of hydrogen-bond donors (Lipinski definition) is 16. The van der Waals surface area contributed by atoms with Gasteiger partial charge in [0.1, 0.15) is 72.1 Å². The molecule has 16 N–H and O–H groups in total. The van der Waals surface area contributed by atoms with E-state index in [4.69, 9.17) is 67.9 Å². The fraction of sp³-hybridized carbons (Fsp3) is 0.583. The van der Waals surface area contributed by atoms with Crippen molar-refractivity contribution in [3.8, 4) is 0 Å². The van der Waals surface area contributed by atoms with Gasteiger partial charge in [0.05, 0.1) is 112 Å². The van der Waals surface area contributed by atoms with Crippen LogP contribution in [0.1, 0.15) is 241 Å². The standard InChI is InChI=1S/4C24H31FN6O4S/c4*1-3-8-36-24-27-22(26-16-10-14(16)13-5-4-12(2)15(25)9-13)19-23(28-24)31(30-29-19)17-11-18(35-7-6-32)21(34)20(17)33/h4*4-5,9,14,16-18,20-21,32-34H,3,6-8,10-11H2,1-2H3,(H,26,27,28)/t4*14-,16+,17+,18-,20-,21+/m0000/s1/i3D2,6D2,7D2,8D2,10D2;3D2,7D2,8D2,10D2;3D2,6D2,8D2,10D2;3D2,8D2,10D2. The molecule has 0 spiro atoms. The molecule has 20 rings (SSSR count). The lowest BCUT2D eigenvalue weighted by Crippen LogP contribution is -2.33. The molecule has 40 nitrogen and oxygen atoms in total. The average molecular weight is 2110 g/mol. The first-order valence-electron chi connectivity index (χ1n) is 61.1. The number of ether oxygens (including phenoxy) is 4. The van der Waals surface area contributed by atoms with Crippen LogP contribution in [0.3, 0.4) is 0 Å². The molecule has 8 heterocycles. The zero-order valence-corrected chi connectivity index (χ0v) is 80.8. The zero-order chi connectivity index (χ0) is 130. The Morgan fingerprint density at radius 1 is 0.347 bits per heavy atom. The number of aliphatic hydroxyl groups is 12. The smallest absolute Gasteiger partial charge is 0.191 e. The molecular weight excluding hydrogens is 1950 g/mol. The Labute approximate surface area is 888 Å². The highest BCUT2D eigenvalue weighted by Gasteiger charge is 2.51. The Kier molecular flexibility index (Phi) is 23.7. The minimum absolute atomic E-state index is 0.00343. The van der Waals surface area contributed by atoms with Gasteiger partial charge < -0.3 is 101 Å². The van der Waals surface area contributed by atoms with Crippen LogP contribution in [0, 0.1) is 51.0 Å². The average Bonchev–Trinajstić information content (AvgIpc) is 1.56. The molecule has 48 heteroatoms. The summed E-state index contributed by atoms with van der Waals surface area (Å²) in [4.78, 5) is 34.6. The van der Waals surface area contributed by atoms with Crippen molar-refractivity contribution in [3.05, 3.63) is 141 Å². The Hall–Kier alpha value is -9.52. The number of fused-ring (bicyclic) bond motifs is 4. The summed E-state index contributed by atoms with van der Waals surface area (Å²) in [7, 11) is 0. The first-order chi connectivity index (χ1) is 81.0. The molecule has 0 aliphatic heterocycles. The number of thioether (sulfide) groups is 4. The molecule has 0 unspecified atom stereocenters. The maximum Gasteiger partial charge on any atom is 0.191 e. The molecule has 0 saturated heterocycles. The highest BCUT2D eigenvalue weighted by molar-refractivity contribution is 7.99. The van der Waals surface area contributed by atoms with Crippen LogP contribution in [0.5, 0.6) is 0 Å². The van der Waals surface area contributed by atoms with Crippen LogP contribution in [-0.2, 0) is 18.9 Å². The van der Waals surface area contributed by atoms with Crippen molar-refractivity contribution in [2.24, 2.45) is 0 Å². The van der Waals surface area contributed by atoms with Gasteiger partial charge in [0.15, 0.2) is 88.6 Å². The molecule has 4 aromatic carbocycles. The molecule has 12 aromatic rings. The lowest BCUT2D eigenvalue weighted by atomic mass is 10.1. The van der Waals surface area contributed by atoms with Gasteiger partial charge in [-0.1, -0.05) is 144 Å². The summed E-state index contributed by atoms with van der Waals surface area (Å²) in [5.41, 5.74) is -7.08. The maximum absolute atomic E-state index is 14.3. The normalized spacial score (nSPS) is 33.5. The summed E-state index contributed by atoms with van der Waals surface area (Å²) in [6.07, 6.45) is -34.2. The van der Waals surface area contributed by atoms with Crippen molar-refractivity contribution in [1.29, 1.82) is 0 Å². The van der Waals surface area contributed by atoms with Gasteiger partial charge in [-0.05, 0) is 147 Å². The molecule has 8 aromatic heterocycles. The molecule has 8 aliphatic rings. The van der Waals surface area contributed by atoms with E-state index in [2.05, 4.69) is 102 Å². The van der Waals surface area contributed by atoms with Crippen LogP contribution >= 0.6 is 47.0 Å². The summed E-state index contributed by atoms with van der Waals surface area (Å²) in [5, 5.41) is 166. The summed E-state index contributed by atoms with van der Waals surface area (Å²) in [6.45, 7) is -3.44. The highest BCUT2D eigenvalue weighted by Crippen LogP contribution is 2.50. The maximum atomic E-state index is 14.3. The Bertz CT molecular complexity index is 8060. The molecule has 8 aliphatic carbocycles. The number of aliphatic hydroxyl groups excluding tert-OH is 10. The van der Waals surface area contributed by atoms with Crippen molar-refractivity contribution >= 4 is 115 Å². The lowest BCUT2D eigenvalue weighted by molar-refractivity contribution is -0.0629. The van der Waals surface area contributed by atoms with Gasteiger partial charge in [-0.3, -0.25) is 0 Å². The first-order valence-corrected chi connectivity index (χ1v) is 48.4. The van der Waals surface area contributed by atoms with E-state index < -0.39 is 282 Å². The molecule has 0 bridgehead atoms. The van der Waals surface area contributed by atoms with Gasteiger partial charge in [0, 0.05) is 129 Å². The van der Waals surface area contributed by atoms with Crippen LogP contribution < -0.4 is 21.3 Å². The third-order valence-corrected chi connectivity index (χ3v) is 27.6. The molecule has 0 amide bonds. The number of nitrogens with zero attached hydrogens (tertiary/aromatic N) is 20. The number of halogens is 4. The first kappa shape index (κ1) is 72.0. The van der Waals surface area contributed by atoms with Gasteiger partial charge in [-0.2, -0.15) is 0 Å². The Morgan fingerprint density at radius 2 is 0.604 bits per heavy atom. The summed E-state index contributed by atoms with van der Waals surface area (Å²) in [6, 6.07) is 9.89. The van der Waals surface area contributed by atoms with E-state index >= 15 is 0 Å². The van der Waals surface area contributed by atoms with Crippen LogP contribution in [0.2, 0.25) is 0 Å². The van der Waals surface area contributed by atoms with Crippen LogP contribution in [0.4, 0.5) is 40.8 Å². The van der Waals surface area contributed by atoms with Crippen LogP contribution in [0.25, 0.3) is 44.7 Å². The van der Waals surface area contributed by atoms with E-state index in [9.17, 15) is 73.7 Å². The summed E-state index contributed by atoms with van der Waals surface area (Å²) in [5.74, 6) is -5.33. The lowest BCUT2D eigenvalue weighted by Gasteiger charge is -2.17. The van der Waals surface area contributed by atoms with Crippen molar-refractivity contribution in [2.45, 2.75) is 298 Å². The molecule has 24 atom stereocenters. The monoisotopic (exact) mass is 2110 g/mol. The number of nitrogens with one attached hydrogen (secondary N) is 4. The van der Waals surface area contributed by atoms with E-state index in [0.717, 1.165) is 41.7 Å². The fourth-order valence-electron chi connectivity index (χ4n) is 17.1. The minimum atomic E-state index is -3.45. The number of aromatic nitrogens is 20. The fourth-order valence-corrected chi connectivity index (χ4v) is 19.0. The van der Waals surface area contributed by atoms with Crippen molar-refractivity contribution < 1.29 is 142 Å². The van der Waals surface area contributed by atoms with E-state index in [0.29, 0.717) is 91.6 Å². The molecule has 8 saturated carbocycles. The number of aryl methyl sites for hydroxylation is 4. The largest absolute Gasteiger partial charge is 0.394 e. The third kappa shape index (κ3) is 23.8. The summed E-state index contributed by atoms with van der Waals surface area (Å²) >= 11 is 1.48. The van der Waals surface area contributed by atoms with Crippen molar-refractivity contribution in [1.82, 2.24) is 99.8 Å². The predicted molar refractivity (Wildman–Crippen MR) is 530 cm³/mol. The van der Waals surface area contributed by atoms with Gasteiger partial charge in [-0.25, -0.2) is 76.2 Å². The van der Waals surface area contributed by atoms with E-state index in [-0.39, 0.29) is 127 Å². The van der Waals surface area contributed by atoms with Gasteiger partial charge in [0.2, 0.25) is 0 Å². The molecular formula is C96H124F4N24O16S4. The zero-order valence-electron chi connectivity index (χ0n) is 110. The van der Waals surface area contributed by atoms with E-state index in [1.54, 1.807) is 70.2 Å². The molecule has 776 valence electrons. The number of hydrogen-bond acceptors (Lipinski definition) is 40. The van der Waals surface area contributed by atoms with Crippen molar-refractivity contribution in [2.75, 3.05) is 96.8 Å².